The zero-order valence-corrected chi connectivity index (χ0v) is 31.2. The number of hydrogen-bond acceptors (Lipinski definition) is 6. The van der Waals surface area contributed by atoms with Gasteiger partial charge in [0.2, 0.25) is 5.91 Å². The van der Waals surface area contributed by atoms with E-state index in [9.17, 15) is 19.2 Å². The third-order valence-electron chi connectivity index (χ3n) is 10.1. The molecule has 50 heavy (non-hydrogen) atoms. The number of urea groups is 2. The van der Waals surface area contributed by atoms with E-state index in [4.69, 9.17) is 10.5 Å². The van der Waals surface area contributed by atoms with Gasteiger partial charge in [0.15, 0.2) is 0 Å². The maximum atomic E-state index is 14.1. The number of benzene rings is 3. The second-order valence-corrected chi connectivity index (χ2v) is 14.9. The lowest BCUT2D eigenvalue weighted by atomic mass is 9.88. The number of para-hydroxylation sites is 1. The van der Waals surface area contributed by atoms with Gasteiger partial charge in [-0.1, -0.05) is 30.3 Å². The van der Waals surface area contributed by atoms with Crippen LogP contribution >= 0.6 is 31.9 Å². The molecule has 264 valence electrons. The Morgan fingerprint density at radius 2 is 1.56 bits per heavy atom. The zero-order valence-electron chi connectivity index (χ0n) is 28.0. The second kappa shape index (κ2) is 15.8. The van der Waals surface area contributed by atoms with Crippen molar-refractivity contribution in [1.29, 1.82) is 0 Å². The summed E-state index contributed by atoms with van der Waals surface area (Å²) in [6.45, 7) is 2.69. The van der Waals surface area contributed by atoms with Gasteiger partial charge in [-0.3, -0.25) is 4.79 Å². The summed E-state index contributed by atoms with van der Waals surface area (Å²) in [6.07, 6.45) is 3.92. The molecule has 0 unspecified atom stereocenters. The monoisotopic (exact) mass is 808 g/mol. The molecule has 3 aromatic carbocycles. The molecule has 3 aromatic rings. The van der Waals surface area contributed by atoms with Crippen LogP contribution in [-0.2, 0) is 22.4 Å². The number of anilines is 2. The number of rotatable bonds is 7. The predicted molar refractivity (Wildman–Crippen MR) is 199 cm³/mol. The number of esters is 1. The summed E-state index contributed by atoms with van der Waals surface area (Å²) in [6, 6.07) is 17.9. The fourth-order valence-corrected chi connectivity index (χ4v) is 8.49. The van der Waals surface area contributed by atoms with E-state index in [1.165, 1.54) is 7.11 Å². The summed E-state index contributed by atoms with van der Waals surface area (Å²) in [5, 5.41) is 6.12. The SMILES string of the molecule is COC(=O)c1ccc(C2CCN(C(=O)[C@H](Cc3cc(Br)c(N)c(Br)c3)NC(=O)N3CCC(N4CCc5ccccc5NC4=O)CC3)CC2)cc1. The van der Waals surface area contributed by atoms with E-state index < -0.39 is 6.04 Å². The van der Waals surface area contributed by atoms with Crippen molar-refractivity contribution in [2.75, 3.05) is 50.9 Å². The molecule has 11 nitrogen and oxygen atoms in total. The van der Waals surface area contributed by atoms with E-state index in [1.54, 1.807) is 17.0 Å². The van der Waals surface area contributed by atoms with Crippen LogP contribution in [0, 0.1) is 0 Å². The molecule has 13 heteroatoms. The maximum absolute atomic E-state index is 14.1. The van der Waals surface area contributed by atoms with Crippen LogP contribution in [0.3, 0.4) is 0 Å². The van der Waals surface area contributed by atoms with E-state index in [0.717, 1.165) is 41.6 Å². The van der Waals surface area contributed by atoms with Crippen molar-refractivity contribution in [3.8, 4) is 0 Å². The molecule has 0 radical (unpaired) electrons. The highest BCUT2D eigenvalue weighted by Gasteiger charge is 2.34. The Morgan fingerprint density at radius 1 is 0.920 bits per heavy atom. The Kier molecular flexibility index (Phi) is 11.3. The Morgan fingerprint density at radius 3 is 2.22 bits per heavy atom. The minimum absolute atomic E-state index is 0.0215. The maximum Gasteiger partial charge on any atom is 0.337 e. The molecule has 5 amide bonds. The highest BCUT2D eigenvalue weighted by Crippen LogP contribution is 2.32. The van der Waals surface area contributed by atoms with Crippen LogP contribution in [0.25, 0.3) is 0 Å². The first-order valence-electron chi connectivity index (χ1n) is 17.0. The Labute approximate surface area is 309 Å². The normalized spacial score (nSPS) is 17.7. The van der Waals surface area contributed by atoms with Crippen molar-refractivity contribution >= 4 is 67.2 Å². The molecule has 2 saturated heterocycles. The number of nitrogens with one attached hydrogen (secondary N) is 2. The molecule has 2 fully saturated rings. The van der Waals surface area contributed by atoms with Crippen molar-refractivity contribution in [2.24, 2.45) is 0 Å². The van der Waals surface area contributed by atoms with Crippen molar-refractivity contribution in [1.82, 2.24) is 20.0 Å². The van der Waals surface area contributed by atoms with E-state index in [0.29, 0.717) is 72.2 Å². The second-order valence-electron chi connectivity index (χ2n) is 13.1. The summed E-state index contributed by atoms with van der Waals surface area (Å²) < 4.78 is 6.23. The Bertz CT molecular complexity index is 1720. The third-order valence-corrected chi connectivity index (χ3v) is 11.4. The van der Waals surface area contributed by atoms with Gasteiger partial charge in [0.25, 0.3) is 0 Å². The zero-order chi connectivity index (χ0) is 35.4. The van der Waals surface area contributed by atoms with Crippen LogP contribution in [0.4, 0.5) is 21.0 Å². The number of carbonyl (C=O) groups excluding carboxylic acids is 4. The molecule has 1 atom stereocenters. The summed E-state index contributed by atoms with van der Waals surface area (Å²) in [7, 11) is 1.36. The molecule has 3 heterocycles. The van der Waals surface area contributed by atoms with Crippen molar-refractivity contribution in [3.63, 3.8) is 0 Å². The molecular weight excluding hydrogens is 768 g/mol. The van der Waals surface area contributed by atoms with E-state index >= 15 is 0 Å². The van der Waals surface area contributed by atoms with Crippen LogP contribution in [0.1, 0.15) is 58.6 Å². The lowest BCUT2D eigenvalue weighted by Gasteiger charge is -2.39. The molecular formula is C37H42Br2N6O5. The van der Waals surface area contributed by atoms with E-state index in [-0.39, 0.29) is 35.9 Å². The number of halogens is 2. The smallest absolute Gasteiger partial charge is 0.337 e. The number of hydrogen-bond donors (Lipinski definition) is 3. The summed E-state index contributed by atoms with van der Waals surface area (Å²) in [5.74, 6) is -0.243. The first-order valence-corrected chi connectivity index (χ1v) is 18.6. The van der Waals surface area contributed by atoms with Gasteiger partial charge in [-0.15, -0.1) is 0 Å². The van der Waals surface area contributed by atoms with Gasteiger partial charge < -0.3 is 35.8 Å². The van der Waals surface area contributed by atoms with Crippen LogP contribution in [0.5, 0.6) is 0 Å². The number of nitrogens with two attached hydrogens (primary N) is 1. The highest BCUT2D eigenvalue weighted by atomic mass is 79.9. The molecule has 6 rings (SSSR count). The number of methoxy groups -OCH3 is 1. The molecule has 3 aliphatic rings. The van der Waals surface area contributed by atoms with Gasteiger partial charge in [-0.2, -0.15) is 0 Å². The fourth-order valence-electron chi connectivity index (χ4n) is 7.21. The minimum atomic E-state index is -0.784. The van der Waals surface area contributed by atoms with Gasteiger partial charge >= 0.3 is 18.0 Å². The van der Waals surface area contributed by atoms with Gasteiger partial charge in [0.1, 0.15) is 6.04 Å². The van der Waals surface area contributed by atoms with E-state index in [1.807, 2.05) is 58.3 Å². The Hall–Kier alpha value is -4.10. The molecule has 0 aliphatic carbocycles. The number of likely N-dealkylation sites (tertiary alicyclic amines) is 2. The molecule has 0 aromatic heterocycles. The van der Waals surface area contributed by atoms with Crippen molar-refractivity contribution < 1.29 is 23.9 Å². The molecule has 0 spiro atoms. The first kappa shape index (κ1) is 35.7. The van der Waals surface area contributed by atoms with Crippen LogP contribution < -0.4 is 16.4 Å². The number of carbonyl (C=O) groups is 4. The molecule has 4 N–H and O–H groups in total. The average Bonchev–Trinajstić information content (AvgIpc) is 3.31. The summed E-state index contributed by atoms with van der Waals surface area (Å²) in [5.41, 5.74) is 11.1. The van der Waals surface area contributed by atoms with Gasteiger partial charge in [-0.25, -0.2) is 14.4 Å². The number of amides is 5. The fraction of sp³-hybridized carbons (Fsp3) is 0.405. The van der Waals surface area contributed by atoms with Crippen molar-refractivity contribution in [3.05, 3.63) is 91.9 Å². The van der Waals surface area contributed by atoms with E-state index in [2.05, 4.69) is 42.5 Å². The minimum Gasteiger partial charge on any atom is -0.465 e. The lowest BCUT2D eigenvalue weighted by molar-refractivity contribution is -0.134. The number of piperidine rings is 2. The molecule has 0 saturated carbocycles. The number of fused-ring (bicyclic) bond motifs is 1. The lowest BCUT2D eigenvalue weighted by Crippen LogP contribution is -2.56. The molecule has 3 aliphatic heterocycles. The standard InChI is InChI=1S/C37H42Br2N6O5/c1-50-35(47)27-8-6-24(7-9-27)25-10-15-43(16-11-25)34(46)32(22-23-20-29(38)33(40)30(39)21-23)42-36(48)44-17-13-28(14-18-44)45-19-12-26-4-2-3-5-31(26)41-37(45)49/h2-9,20-21,25,28,32H,10-19,22,40H2,1H3,(H,41,49)(H,42,48)/t32-/m0/s1. The summed E-state index contributed by atoms with van der Waals surface area (Å²) >= 11 is 7.02. The van der Waals surface area contributed by atoms with Gasteiger partial charge in [0, 0.05) is 59.8 Å². The topological polar surface area (TPSA) is 137 Å². The number of nitrogens with zero attached hydrogens (tertiary/aromatic N) is 3. The average molecular weight is 811 g/mol. The van der Waals surface area contributed by atoms with Gasteiger partial charge in [-0.05, 0) is 117 Å². The first-order chi connectivity index (χ1) is 24.1. The predicted octanol–water partition coefficient (Wildman–Crippen LogP) is 6.16. The van der Waals surface area contributed by atoms with Crippen LogP contribution in [0.15, 0.2) is 69.6 Å². The van der Waals surface area contributed by atoms with Gasteiger partial charge in [0.05, 0.1) is 18.4 Å². The number of ether oxygens (including phenoxy) is 1. The summed E-state index contributed by atoms with van der Waals surface area (Å²) in [4.78, 5) is 58.3. The Balaban J connectivity index is 1.09. The largest absolute Gasteiger partial charge is 0.465 e. The van der Waals surface area contributed by atoms with Crippen LogP contribution in [-0.4, -0.2) is 90.6 Å². The highest BCUT2D eigenvalue weighted by molar-refractivity contribution is 9.11. The number of nitrogen functional groups attached to an aromatic ring is 1. The molecule has 0 bridgehead atoms. The third kappa shape index (κ3) is 8.10. The quantitative estimate of drug-likeness (QED) is 0.193. The van der Waals surface area contributed by atoms with Crippen molar-refractivity contribution in [2.45, 2.75) is 56.5 Å². The van der Waals surface area contributed by atoms with Crippen LogP contribution in [0.2, 0.25) is 0 Å².